The molecule has 5 heteroatoms. The van der Waals surface area contributed by atoms with Crippen molar-refractivity contribution < 1.29 is 14.2 Å². The largest absolute Gasteiger partial charge is 0.488 e. The molecule has 0 fully saturated rings. The van der Waals surface area contributed by atoms with Crippen molar-refractivity contribution in [2.45, 2.75) is 0 Å². The number of rotatable bonds is 3. The molecule has 0 bridgehead atoms. The summed E-state index contributed by atoms with van der Waals surface area (Å²) in [5.74, 6) is 2.23. The van der Waals surface area contributed by atoms with E-state index in [1.807, 2.05) is 0 Å². The Kier molecular flexibility index (Phi) is 3.44. The third kappa shape index (κ3) is 2.41. The third-order valence-electron chi connectivity index (χ3n) is 1.91. The number of halogens is 2. The normalized spacial score (nSPS) is 13.7. The molecular formula is C10H10Cl2O3. The minimum absolute atomic E-state index is 0.414. The van der Waals surface area contributed by atoms with E-state index in [0.717, 1.165) is 0 Å². The lowest BCUT2D eigenvalue weighted by Crippen LogP contribution is -2.16. The molecule has 3 nitrogen and oxygen atoms in total. The predicted molar refractivity (Wildman–Crippen MR) is 58.7 cm³/mol. The molecule has 82 valence electrons. The van der Waals surface area contributed by atoms with Crippen LogP contribution in [0.5, 0.6) is 17.2 Å². The van der Waals surface area contributed by atoms with Gasteiger partial charge in [0.15, 0.2) is 11.5 Å². The number of fused-ring (bicyclic) bond motifs is 1. The van der Waals surface area contributed by atoms with Gasteiger partial charge in [-0.2, -0.15) is 0 Å². The Balaban J connectivity index is 2.30. The van der Waals surface area contributed by atoms with Gasteiger partial charge in [-0.1, -0.05) is 11.6 Å². The van der Waals surface area contributed by atoms with E-state index in [2.05, 4.69) is 0 Å². The predicted octanol–water partition coefficient (Wildman–Crippen LogP) is 2.73. The molecule has 0 radical (unpaired) electrons. The summed E-state index contributed by atoms with van der Waals surface area (Å²) >= 11 is 11.5. The van der Waals surface area contributed by atoms with E-state index in [0.29, 0.717) is 48.0 Å². The highest BCUT2D eigenvalue weighted by Gasteiger charge is 2.18. The zero-order chi connectivity index (χ0) is 10.7. The van der Waals surface area contributed by atoms with Crippen LogP contribution in [0.15, 0.2) is 12.1 Å². The molecule has 0 aromatic heterocycles. The fraction of sp³-hybridized carbons (Fsp3) is 0.400. The quantitative estimate of drug-likeness (QED) is 0.771. The van der Waals surface area contributed by atoms with E-state index < -0.39 is 0 Å². The smallest absolute Gasteiger partial charge is 0.203 e. The highest BCUT2D eigenvalue weighted by Crippen LogP contribution is 2.41. The summed E-state index contributed by atoms with van der Waals surface area (Å²) in [5, 5.41) is 0.559. The van der Waals surface area contributed by atoms with Gasteiger partial charge in [-0.05, 0) is 0 Å². The number of hydrogen-bond donors (Lipinski definition) is 0. The highest BCUT2D eigenvalue weighted by molar-refractivity contribution is 6.31. The van der Waals surface area contributed by atoms with Crippen molar-refractivity contribution >= 4 is 23.2 Å². The third-order valence-corrected chi connectivity index (χ3v) is 2.28. The van der Waals surface area contributed by atoms with Gasteiger partial charge in [0.05, 0.1) is 5.88 Å². The first-order valence-electron chi connectivity index (χ1n) is 4.59. The summed E-state index contributed by atoms with van der Waals surface area (Å²) in [6.45, 7) is 1.46. The zero-order valence-corrected chi connectivity index (χ0v) is 9.48. The zero-order valence-electron chi connectivity index (χ0n) is 7.96. The summed E-state index contributed by atoms with van der Waals surface area (Å²) in [6.07, 6.45) is 0. The minimum Gasteiger partial charge on any atom is -0.488 e. The Morgan fingerprint density at radius 1 is 1.27 bits per heavy atom. The van der Waals surface area contributed by atoms with Crippen LogP contribution in [-0.4, -0.2) is 25.7 Å². The molecule has 1 aliphatic rings. The van der Waals surface area contributed by atoms with Crippen LogP contribution in [0.25, 0.3) is 0 Å². The van der Waals surface area contributed by atoms with Gasteiger partial charge >= 0.3 is 0 Å². The summed E-state index contributed by atoms with van der Waals surface area (Å²) in [6, 6.07) is 3.41. The molecule has 2 rings (SSSR count). The molecular weight excluding hydrogens is 239 g/mol. The van der Waals surface area contributed by atoms with Crippen LogP contribution in [0.4, 0.5) is 0 Å². The Labute approximate surface area is 97.8 Å². The number of hydrogen-bond acceptors (Lipinski definition) is 3. The van der Waals surface area contributed by atoms with Gasteiger partial charge in [0.25, 0.3) is 0 Å². The minimum atomic E-state index is 0.414. The Bertz CT molecular complexity index is 355. The SMILES string of the molecule is ClCCOc1cc(Cl)cc2c1OCCO2. The van der Waals surface area contributed by atoms with Crippen molar-refractivity contribution in [2.75, 3.05) is 25.7 Å². The average Bonchev–Trinajstić information content (AvgIpc) is 2.25. The number of benzene rings is 1. The molecule has 0 aliphatic carbocycles. The molecule has 0 unspecified atom stereocenters. The molecule has 0 amide bonds. The van der Waals surface area contributed by atoms with Crippen LogP contribution in [0.1, 0.15) is 0 Å². The first-order valence-corrected chi connectivity index (χ1v) is 5.50. The molecule has 0 spiro atoms. The van der Waals surface area contributed by atoms with Gasteiger partial charge in [0.1, 0.15) is 19.8 Å². The van der Waals surface area contributed by atoms with Crippen molar-refractivity contribution in [3.8, 4) is 17.2 Å². The summed E-state index contributed by atoms with van der Waals surface area (Å²) in [5.41, 5.74) is 0. The standard InChI is InChI=1S/C10H10Cl2O3/c11-1-2-13-8-5-7(12)6-9-10(8)15-4-3-14-9/h5-6H,1-4H2. The van der Waals surface area contributed by atoms with E-state index in [9.17, 15) is 0 Å². The molecule has 15 heavy (non-hydrogen) atoms. The monoisotopic (exact) mass is 248 g/mol. The molecule has 0 N–H and O–H groups in total. The van der Waals surface area contributed by atoms with Crippen LogP contribution in [0.2, 0.25) is 5.02 Å². The fourth-order valence-electron chi connectivity index (χ4n) is 1.35. The van der Waals surface area contributed by atoms with Crippen molar-refractivity contribution in [2.24, 2.45) is 0 Å². The molecule has 1 heterocycles. The van der Waals surface area contributed by atoms with Gasteiger partial charge < -0.3 is 14.2 Å². The molecule has 0 saturated carbocycles. The summed E-state index contributed by atoms with van der Waals surface area (Å²) in [7, 11) is 0. The molecule has 0 atom stereocenters. The maximum atomic E-state index is 5.91. The lowest BCUT2D eigenvalue weighted by Gasteiger charge is -2.21. The van der Waals surface area contributed by atoms with Crippen molar-refractivity contribution in [1.82, 2.24) is 0 Å². The topological polar surface area (TPSA) is 27.7 Å². The second-order valence-corrected chi connectivity index (χ2v) is 3.78. The first-order chi connectivity index (χ1) is 7.31. The molecule has 1 aliphatic heterocycles. The van der Waals surface area contributed by atoms with Crippen LogP contribution in [0, 0.1) is 0 Å². The summed E-state index contributed by atoms with van der Waals surface area (Å²) in [4.78, 5) is 0. The lowest BCUT2D eigenvalue weighted by atomic mass is 10.3. The van der Waals surface area contributed by atoms with Crippen molar-refractivity contribution in [3.63, 3.8) is 0 Å². The van der Waals surface area contributed by atoms with Gasteiger partial charge in [-0.15, -0.1) is 11.6 Å². The van der Waals surface area contributed by atoms with Gasteiger partial charge in [0.2, 0.25) is 5.75 Å². The fourth-order valence-corrected chi connectivity index (χ4v) is 1.62. The Morgan fingerprint density at radius 3 is 2.87 bits per heavy atom. The van der Waals surface area contributed by atoms with Crippen LogP contribution in [-0.2, 0) is 0 Å². The van der Waals surface area contributed by atoms with Gasteiger partial charge in [0, 0.05) is 17.2 Å². The van der Waals surface area contributed by atoms with E-state index in [1.165, 1.54) is 0 Å². The molecule has 1 aromatic carbocycles. The lowest BCUT2D eigenvalue weighted by molar-refractivity contribution is 0.163. The van der Waals surface area contributed by atoms with Crippen LogP contribution < -0.4 is 14.2 Å². The molecule has 0 saturated heterocycles. The van der Waals surface area contributed by atoms with E-state index >= 15 is 0 Å². The van der Waals surface area contributed by atoms with E-state index in [1.54, 1.807) is 12.1 Å². The van der Waals surface area contributed by atoms with E-state index in [4.69, 9.17) is 37.4 Å². The average molecular weight is 249 g/mol. The second kappa shape index (κ2) is 4.81. The maximum absolute atomic E-state index is 5.91. The van der Waals surface area contributed by atoms with Gasteiger partial charge in [-0.3, -0.25) is 0 Å². The number of alkyl halides is 1. The Morgan fingerprint density at radius 2 is 2.07 bits per heavy atom. The van der Waals surface area contributed by atoms with E-state index in [-0.39, 0.29) is 0 Å². The van der Waals surface area contributed by atoms with Gasteiger partial charge in [-0.25, -0.2) is 0 Å². The first kappa shape index (κ1) is 10.7. The second-order valence-electron chi connectivity index (χ2n) is 2.97. The summed E-state index contributed by atoms with van der Waals surface area (Å²) < 4.78 is 16.3. The van der Waals surface area contributed by atoms with Crippen molar-refractivity contribution in [3.05, 3.63) is 17.2 Å². The van der Waals surface area contributed by atoms with Crippen LogP contribution in [0.3, 0.4) is 0 Å². The maximum Gasteiger partial charge on any atom is 0.203 e. The Hall–Kier alpha value is -0.800. The van der Waals surface area contributed by atoms with Crippen molar-refractivity contribution in [1.29, 1.82) is 0 Å². The molecule has 1 aromatic rings. The highest BCUT2D eigenvalue weighted by atomic mass is 35.5. The van der Waals surface area contributed by atoms with Crippen LogP contribution >= 0.6 is 23.2 Å². The number of ether oxygens (including phenoxy) is 3.